The highest BCUT2D eigenvalue weighted by molar-refractivity contribution is 6.33. The van der Waals surface area contributed by atoms with Crippen molar-refractivity contribution in [3.05, 3.63) is 70.1 Å². The fourth-order valence-corrected chi connectivity index (χ4v) is 2.80. The molecule has 1 amide bonds. The number of imidazole rings is 1. The first-order valence-electron chi connectivity index (χ1n) is 7.97. The van der Waals surface area contributed by atoms with Crippen molar-refractivity contribution in [1.29, 1.82) is 0 Å². The normalized spacial score (nSPS) is 11.6. The average Bonchev–Trinajstić information content (AvgIpc) is 3.02. The number of carbonyl (C=O) groups is 2. The first kappa shape index (κ1) is 19.7. The number of hydrogen-bond donors (Lipinski definition) is 2. The zero-order chi connectivity index (χ0) is 20.5. The van der Waals surface area contributed by atoms with Crippen LogP contribution in [-0.2, 0) is 23.9 Å². The van der Waals surface area contributed by atoms with Crippen molar-refractivity contribution in [2.75, 3.05) is 0 Å². The van der Waals surface area contributed by atoms with Gasteiger partial charge in [0.2, 0.25) is 5.91 Å². The van der Waals surface area contributed by atoms with Gasteiger partial charge in [0.25, 0.3) is 0 Å². The monoisotopic (exact) mass is 411 g/mol. The number of alkyl halides is 3. The third-order valence-electron chi connectivity index (χ3n) is 3.92. The van der Waals surface area contributed by atoms with Gasteiger partial charge in [-0.25, -0.2) is 9.78 Å². The molecular weight excluding hydrogens is 399 g/mol. The summed E-state index contributed by atoms with van der Waals surface area (Å²) in [6, 6.07) is 6.78. The van der Waals surface area contributed by atoms with E-state index in [1.165, 1.54) is 18.3 Å². The van der Waals surface area contributed by atoms with Gasteiger partial charge in [-0.15, -0.1) is 0 Å². The second-order valence-corrected chi connectivity index (χ2v) is 6.40. The van der Waals surface area contributed by atoms with Gasteiger partial charge in [0.05, 0.1) is 28.3 Å². The van der Waals surface area contributed by atoms with Crippen LogP contribution in [0.5, 0.6) is 0 Å². The Balaban J connectivity index is 1.67. The molecule has 6 nitrogen and oxygen atoms in total. The van der Waals surface area contributed by atoms with Crippen LogP contribution in [0.15, 0.2) is 42.7 Å². The topological polar surface area (TPSA) is 83.7 Å². The number of aromatic nitrogens is 2. The molecule has 0 fully saturated rings. The maximum atomic E-state index is 12.9. The molecule has 146 valence electrons. The molecule has 0 radical (unpaired) electrons. The number of benzene rings is 1. The quantitative estimate of drug-likeness (QED) is 0.672. The summed E-state index contributed by atoms with van der Waals surface area (Å²) in [6.07, 6.45) is -2.51. The Labute approximate surface area is 161 Å². The van der Waals surface area contributed by atoms with E-state index in [4.69, 9.17) is 16.7 Å². The van der Waals surface area contributed by atoms with E-state index >= 15 is 0 Å². The lowest BCUT2D eigenvalue weighted by Gasteiger charge is -2.07. The molecule has 2 aromatic heterocycles. The van der Waals surface area contributed by atoms with E-state index in [-0.39, 0.29) is 34.9 Å². The fourth-order valence-electron chi connectivity index (χ4n) is 2.54. The Hall–Kier alpha value is -3.07. The van der Waals surface area contributed by atoms with Gasteiger partial charge in [0.1, 0.15) is 0 Å². The minimum Gasteiger partial charge on any atom is -0.478 e. The highest BCUT2D eigenvalue weighted by Crippen LogP contribution is 2.32. The summed E-state index contributed by atoms with van der Waals surface area (Å²) in [4.78, 5) is 27.0. The second-order valence-electron chi connectivity index (χ2n) is 5.99. The molecule has 1 aromatic carbocycles. The SMILES string of the molecule is O=C(Cc1cn2cc(C(F)(F)F)cc(Cl)c2n1)NCc1ccc(C(=O)O)cc1. The summed E-state index contributed by atoms with van der Waals surface area (Å²) in [5, 5.41) is 11.3. The van der Waals surface area contributed by atoms with Crippen molar-refractivity contribution in [2.24, 2.45) is 0 Å². The van der Waals surface area contributed by atoms with Crippen LogP contribution in [0, 0.1) is 0 Å². The van der Waals surface area contributed by atoms with Crippen LogP contribution >= 0.6 is 11.6 Å². The molecule has 3 aromatic rings. The van der Waals surface area contributed by atoms with Crippen molar-refractivity contribution in [3.8, 4) is 0 Å². The number of nitrogens with zero attached hydrogens (tertiary/aromatic N) is 2. The molecule has 0 aliphatic heterocycles. The van der Waals surface area contributed by atoms with Crippen LogP contribution in [0.4, 0.5) is 13.2 Å². The van der Waals surface area contributed by atoms with Gasteiger partial charge in [-0.3, -0.25) is 4.79 Å². The molecule has 3 rings (SSSR count). The zero-order valence-electron chi connectivity index (χ0n) is 14.1. The van der Waals surface area contributed by atoms with Gasteiger partial charge in [0.15, 0.2) is 5.65 Å². The summed E-state index contributed by atoms with van der Waals surface area (Å²) >= 11 is 5.87. The van der Waals surface area contributed by atoms with Crippen LogP contribution in [0.3, 0.4) is 0 Å². The minimum atomic E-state index is -4.55. The lowest BCUT2D eigenvalue weighted by molar-refractivity contribution is -0.137. The van der Waals surface area contributed by atoms with Crippen LogP contribution in [0.2, 0.25) is 5.02 Å². The number of amides is 1. The molecule has 0 aliphatic carbocycles. The van der Waals surface area contributed by atoms with E-state index in [0.29, 0.717) is 5.56 Å². The molecule has 0 atom stereocenters. The molecule has 0 bridgehead atoms. The first-order chi connectivity index (χ1) is 13.1. The molecule has 0 spiro atoms. The zero-order valence-corrected chi connectivity index (χ0v) is 14.9. The maximum absolute atomic E-state index is 12.9. The number of carboxylic acid groups (broad SMARTS) is 1. The molecule has 28 heavy (non-hydrogen) atoms. The number of rotatable bonds is 5. The molecule has 2 N–H and O–H groups in total. The predicted molar refractivity (Wildman–Crippen MR) is 94.2 cm³/mol. The van der Waals surface area contributed by atoms with Crippen LogP contribution in [-0.4, -0.2) is 26.4 Å². The summed E-state index contributed by atoms with van der Waals surface area (Å²) in [5.41, 5.74) is 0.311. The summed E-state index contributed by atoms with van der Waals surface area (Å²) in [6.45, 7) is 0.172. The van der Waals surface area contributed by atoms with Crippen molar-refractivity contribution in [2.45, 2.75) is 19.1 Å². The number of fused-ring (bicyclic) bond motifs is 1. The lowest BCUT2D eigenvalue weighted by Crippen LogP contribution is -2.24. The largest absolute Gasteiger partial charge is 0.478 e. The predicted octanol–water partition coefficient (Wildman–Crippen LogP) is 3.56. The van der Waals surface area contributed by atoms with Gasteiger partial charge < -0.3 is 14.8 Å². The number of nitrogens with one attached hydrogen (secondary N) is 1. The summed E-state index contributed by atoms with van der Waals surface area (Å²) < 4.78 is 39.7. The van der Waals surface area contributed by atoms with E-state index in [2.05, 4.69) is 10.3 Å². The van der Waals surface area contributed by atoms with Gasteiger partial charge in [0, 0.05) is 18.9 Å². The first-order valence-corrected chi connectivity index (χ1v) is 8.34. The molecule has 2 heterocycles. The number of aromatic carboxylic acids is 1. The standard InChI is InChI=1S/C18H13ClF3N3O3/c19-14-5-12(18(20,21)22)8-25-9-13(24-16(14)25)6-15(26)23-7-10-1-3-11(4-2-10)17(27)28/h1-5,8-9H,6-7H2,(H,23,26)(H,27,28). The van der Waals surface area contributed by atoms with Crippen molar-refractivity contribution >= 4 is 29.1 Å². The number of carboxylic acids is 1. The van der Waals surface area contributed by atoms with Gasteiger partial charge >= 0.3 is 12.1 Å². The molecule has 0 aliphatic rings. The highest BCUT2D eigenvalue weighted by atomic mass is 35.5. The molecule has 0 unspecified atom stereocenters. The second kappa shape index (κ2) is 7.51. The molecule has 0 saturated heterocycles. The Morgan fingerprint density at radius 2 is 1.86 bits per heavy atom. The third kappa shape index (κ3) is 4.42. The Morgan fingerprint density at radius 1 is 1.18 bits per heavy atom. The lowest BCUT2D eigenvalue weighted by atomic mass is 10.1. The number of halogens is 4. The van der Waals surface area contributed by atoms with Gasteiger partial charge in [-0.2, -0.15) is 13.2 Å². The van der Waals surface area contributed by atoms with E-state index in [1.807, 2.05) is 0 Å². The summed E-state index contributed by atoms with van der Waals surface area (Å²) in [5.74, 6) is -1.44. The van der Waals surface area contributed by atoms with Gasteiger partial charge in [-0.05, 0) is 23.8 Å². The Morgan fingerprint density at radius 3 is 2.46 bits per heavy atom. The fraction of sp³-hybridized carbons (Fsp3) is 0.167. The number of hydrogen-bond acceptors (Lipinski definition) is 3. The Bertz CT molecular complexity index is 1050. The summed E-state index contributed by atoms with van der Waals surface area (Å²) in [7, 11) is 0. The third-order valence-corrected chi connectivity index (χ3v) is 4.19. The van der Waals surface area contributed by atoms with Gasteiger partial charge in [-0.1, -0.05) is 23.7 Å². The average molecular weight is 412 g/mol. The van der Waals surface area contributed by atoms with E-state index < -0.39 is 23.6 Å². The molecule has 10 heteroatoms. The maximum Gasteiger partial charge on any atom is 0.417 e. The van der Waals surface area contributed by atoms with Crippen LogP contribution < -0.4 is 5.32 Å². The van der Waals surface area contributed by atoms with Crippen LogP contribution in [0.1, 0.15) is 27.2 Å². The smallest absolute Gasteiger partial charge is 0.417 e. The van der Waals surface area contributed by atoms with Crippen molar-refractivity contribution in [1.82, 2.24) is 14.7 Å². The van der Waals surface area contributed by atoms with Crippen molar-refractivity contribution < 1.29 is 27.9 Å². The number of pyridine rings is 1. The van der Waals surface area contributed by atoms with E-state index in [0.717, 1.165) is 16.7 Å². The van der Waals surface area contributed by atoms with E-state index in [1.54, 1.807) is 12.1 Å². The van der Waals surface area contributed by atoms with Crippen LogP contribution in [0.25, 0.3) is 5.65 Å². The van der Waals surface area contributed by atoms with Crippen molar-refractivity contribution in [3.63, 3.8) is 0 Å². The highest BCUT2D eigenvalue weighted by Gasteiger charge is 2.32. The molecular formula is C18H13ClF3N3O3. The minimum absolute atomic E-state index is 0.127. The van der Waals surface area contributed by atoms with E-state index in [9.17, 15) is 22.8 Å². The number of carbonyl (C=O) groups excluding carboxylic acids is 1. The Kier molecular flexibility index (Phi) is 5.28. The molecule has 0 saturated carbocycles.